The predicted molar refractivity (Wildman–Crippen MR) is 76.9 cm³/mol. The second kappa shape index (κ2) is 6.06. The van der Waals surface area contributed by atoms with Gasteiger partial charge in [0.15, 0.2) is 0 Å². The Morgan fingerprint density at radius 2 is 2.21 bits per heavy atom. The summed E-state index contributed by atoms with van der Waals surface area (Å²) in [6.45, 7) is 7.78. The van der Waals surface area contributed by atoms with Crippen molar-refractivity contribution in [3.05, 3.63) is 18.2 Å². The van der Waals surface area contributed by atoms with Gasteiger partial charge in [0.05, 0.1) is 6.54 Å². The molecule has 0 bridgehead atoms. The van der Waals surface area contributed by atoms with Gasteiger partial charge in [0.1, 0.15) is 5.82 Å². The van der Waals surface area contributed by atoms with Crippen LogP contribution < -0.4 is 5.32 Å². The summed E-state index contributed by atoms with van der Waals surface area (Å²) in [5, 5.41) is 3.72. The number of hydrogen-bond donors (Lipinski definition) is 1. The van der Waals surface area contributed by atoms with Crippen LogP contribution in [0.15, 0.2) is 12.4 Å². The summed E-state index contributed by atoms with van der Waals surface area (Å²) in [6, 6.07) is 0.675. The summed E-state index contributed by atoms with van der Waals surface area (Å²) in [6.07, 6.45) is 9.72. The normalized spacial score (nSPS) is 22.6. The van der Waals surface area contributed by atoms with E-state index in [2.05, 4.69) is 32.9 Å². The molecule has 1 atom stereocenters. The van der Waals surface area contributed by atoms with E-state index >= 15 is 0 Å². The Hall–Kier alpha value is -0.870. The van der Waals surface area contributed by atoms with Gasteiger partial charge < -0.3 is 9.88 Å². The quantitative estimate of drug-likeness (QED) is 0.879. The average molecular weight is 262 g/mol. The van der Waals surface area contributed by atoms with Gasteiger partial charge in [-0.05, 0) is 25.3 Å². The van der Waals surface area contributed by atoms with Crippen LogP contribution in [-0.2, 0) is 13.1 Å². The Labute approximate surface area is 116 Å². The molecule has 0 radical (unpaired) electrons. The Balaban J connectivity index is 1.59. The fraction of sp³-hybridized carbons (Fsp3) is 0.800. The van der Waals surface area contributed by atoms with Gasteiger partial charge in [-0.2, -0.15) is 0 Å². The third-order valence-corrected chi connectivity index (χ3v) is 4.71. The molecule has 0 saturated heterocycles. The van der Waals surface area contributed by atoms with Gasteiger partial charge in [-0.25, -0.2) is 4.98 Å². The van der Waals surface area contributed by atoms with Gasteiger partial charge in [0.25, 0.3) is 0 Å². The van der Waals surface area contributed by atoms with Crippen molar-refractivity contribution in [3.63, 3.8) is 0 Å². The number of nitrogens with one attached hydrogen (secondary N) is 1. The molecule has 1 fully saturated rings. The second-order valence-corrected chi connectivity index (χ2v) is 5.98. The van der Waals surface area contributed by atoms with E-state index in [4.69, 9.17) is 0 Å². The molecule has 1 N–H and O–H groups in total. The minimum absolute atomic E-state index is 0.675. The van der Waals surface area contributed by atoms with Gasteiger partial charge in [-0.15, -0.1) is 0 Å². The summed E-state index contributed by atoms with van der Waals surface area (Å²) in [4.78, 5) is 7.04. The SMILES string of the molecule is CCNC(CN1CCn2ccnc2C1)C1CCCC1. The molecule has 2 heterocycles. The maximum absolute atomic E-state index is 4.46. The highest BCUT2D eigenvalue weighted by molar-refractivity contribution is 4.96. The van der Waals surface area contributed by atoms with Gasteiger partial charge in [-0.1, -0.05) is 19.8 Å². The van der Waals surface area contributed by atoms with Crippen molar-refractivity contribution in [3.8, 4) is 0 Å². The smallest absolute Gasteiger partial charge is 0.122 e. The molecule has 0 aromatic carbocycles. The van der Waals surface area contributed by atoms with Crippen LogP contribution in [-0.4, -0.2) is 40.1 Å². The number of nitrogens with zero attached hydrogens (tertiary/aromatic N) is 3. The van der Waals surface area contributed by atoms with Gasteiger partial charge >= 0.3 is 0 Å². The van der Waals surface area contributed by atoms with E-state index in [-0.39, 0.29) is 0 Å². The Bertz CT molecular complexity index is 395. The van der Waals surface area contributed by atoms with Crippen LogP contribution in [0.4, 0.5) is 0 Å². The van der Waals surface area contributed by atoms with Crippen LogP contribution in [0.2, 0.25) is 0 Å². The van der Waals surface area contributed by atoms with Crippen molar-refractivity contribution in [2.45, 2.75) is 51.7 Å². The Morgan fingerprint density at radius 1 is 1.37 bits per heavy atom. The first-order chi connectivity index (χ1) is 9.36. The lowest BCUT2D eigenvalue weighted by Crippen LogP contribution is -2.47. The fourth-order valence-corrected chi connectivity index (χ4v) is 3.66. The van der Waals surface area contributed by atoms with Gasteiger partial charge in [0, 0.05) is 38.1 Å². The molecule has 0 spiro atoms. The lowest BCUT2D eigenvalue weighted by Gasteiger charge is -2.33. The maximum Gasteiger partial charge on any atom is 0.122 e. The number of aromatic nitrogens is 2. The molecule has 1 aromatic heterocycles. The molecule has 106 valence electrons. The first kappa shape index (κ1) is 13.1. The van der Waals surface area contributed by atoms with Crippen molar-refractivity contribution < 1.29 is 0 Å². The first-order valence-corrected chi connectivity index (χ1v) is 7.82. The molecule has 4 nitrogen and oxygen atoms in total. The zero-order valence-corrected chi connectivity index (χ0v) is 12.0. The zero-order chi connectivity index (χ0) is 13.1. The monoisotopic (exact) mass is 262 g/mol. The number of hydrogen-bond acceptors (Lipinski definition) is 3. The van der Waals surface area contributed by atoms with E-state index in [1.54, 1.807) is 0 Å². The Kier molecular flexibility index (Phi) is 4.18. The molecular weight excluding hydrogens is 236 g/mol. The fourth-order valence-electron chi connectivity index (χ4n) is 3.66. The molecule has 2 aliphatic rings. The van der Waals surface area contributed by atoms with E-state index in [0.29, 0.717) is 6.04 Å². The highest BCUT2D eigenvalue weighted by Gasteiger charge is 2.27. The van der Waals surface area contributed by atoms with Gasteiger partial charge in [-0.3, -0.25) is 4.90 Å². The van der Waals surface area contributed by atoms with Crippen LogP contribution in [0.5, 0.6) is 0 Å². The standard InChI is InChI=1S/C15H26N4/c1-2-16-14(13-5-3-4-6-13)11-18-9-10-19-8-7-17-15(19)12-18/h7-8,13-14,16H,2-6,9-12H2,1H3. The topological polar surface area (TPSA) is 33.1 Å². The van der Waals surface area contributed by atoms with Crippen LogP contribution in [0.3, 0.4) is 0 Å². The molecule has 1 aromatic rings. The largest absolute Gasteiger partial charge is 0.333 e. The van der Waals surface area contributed by atoms with Crippen molar-refractivity contribution in [2.24, 2.45) is 5.92 Å². The summed E-state index contributed by atoms with van der Waals surface area (Å²) in [7, 11) is 0. The molecule has 3 rings (SSSR count). The molecule has 4 heteroatoms. The predicted octanol–water partition coefficient (Wildman–Crippen LogP) is 1.87. The molecule has 1 saturated carbocycles. The van der Waals surface area contributed by atoms with Gasteiger partial charge in [0.2, 0.25) is 0 Å². The third-order valence-electron chi connectivity index (χ3n) is 4.71. The van der Waals surface area contributed by atoms with E-state index in [1.165, 1.54) is 38.1 Å². The van der Waals surface area contributed by atoms with Crippen LogP contribution in [0, 0.1) is 5.92 Å². The van der Waals surface area contributed by atoms with Crippen molar-refractivity contribution >= 4 is 0 Å². The van der Waals surface area contributed by atoms with Crippen LogP contribution >= 0.6 is 0 Å². The highest BCUT2D eigenvalue weighted by atomic mass is 15.2. The second-order valence-electron chi connectivity index (χ2n) is 5.98. The number of fused-ring (bicyclic) bond motifs is 1. The van der Waals surface area contributed by atoms with Crippen molar-refractivity contribution in [2.75, 3.05) is 19.6 Å². The summed E-state index contributed by atoms with van der Waals surface area (Å²) >= 11 is 0. The molecular formula is C15H26N4. The molecule has 1 unspecified atom stereocenters. The molecule has 19 heavy (non-hydrogen) atoms. The lowest BCUT2D eigenvalue weighted by atomic mass is 9.97. The molecule has 1 aliphatic heterocycles. The maximum atomic E-state index is 4.46. The zero-order valence-electron chi connectivity index (χ0n) is 12.0. The lowest BCUT2D eigenvalue weighted by molar-refractivity contribution is 0.172. The Morgan fingerprint density at radius 3 is 3.00 bits per heavy atom. The van der Waals surface area contributed by atoms with E-state index in [0.717, 1.165) is 32.1 Å². The number of rotatable bonds is 5. The number of likely N-dealkylation sites (N-methyl/N-ethyl adjacent to an activating group) is 1. The highest BCUT2D eigenvalue weighted by Crippen LogP contribution is 2.28. The van der Waals surface area contributed by atoms with Crippen molar-refractivity contribution in [1.82, 2.24) is 19.8 Å². The van der Waals surface area contributed by atoms with Crippen LogP contribution in [0.1, 0.15) is 38.4 Å². The van der Waals surface area contributed by atoms with E-state index in [9.17, 15) is 0 Å². The summed E-state index contributed by atoms with van der Waals surface area (Å²) in [5.41, 5.74) is 0. The summed E-state index contributed by atoms with van der Waals surface area (Å²) < 4.78 is 2.29. The number of imidazole rings is 1. The molecule has 0 amide bonds. The minimum Gasteiger partial charge on any atom is -0.333 e. The molecule has 1 aliphatic carbocycles. The minimum atomic E-state index is 0.675. The van der Waals surface area contributed by atoms with E-state index < -0.39 is 0 Å². The third kappa shape index (κ3) is 3.00. The van der Waals surface area contributed by atoms with E-state index in [1.807, 2.05) is 6.20 Å². The van der Waals surface area contributed by atoms with Crippen LogP contribution in [0.25, 0.3) is 0 Å². The average Bonchev–Trinajstić information content (AvgIpc) is 3.09. The van der Waals surface area contributed by atoms with Crippen molar-refractivity contribution in [1.29, 1.82) is 0 Å². The summed E-state index contributed by atoms with van der Waals surface area (Å²) in [5.74, 6) is 2.12. The first-order valence-electron chi connectivity index (χ1n) is 7.82.